The number of β-amino-alcohol motifs (C(OH)–C–C–N with tert-alkyl or cyclic N) is 1. The molecule has 13 nitrogen and oxygen atoms in total. The van der Waals surface area contributed by atoms with Crippen molar-refractivity contribution in [3.05, 3.63) is 41.0 Å². The van der Waals surface area contributed by atoms with Crippen LogP contribution in [0.1, 0.15) is 58.2 Å². The summed E-state index contributed by atoms with van der Waals surface area (Å²) in [6.07, 6.45) is 0.272. The molecule has 0 spiro atoms. The van der Waals surface area contributed by atoms with E-state index < -0.39 is 23.5 Å². The predicted octanol–water partition coefficient (Wildman–Crippen LogP) is 3.83. The van der Waals surface area contributed by atoms with Gasteiger partial charge in [0.05, 0.1) is 88.3 Å². The van der Waals surface area contributed by atoms with Crippen molar-refractivity contribution < 1.29 is 47.9 Å². The number of rotatable bonds is 26. The fourth-order valence-corrected chi connectivity index (χ4v) is 6.46. The van der Waals surface area contributed by atoms with Crippen molar-refractivity contribution in [3.63, 3.8) is 0 Å². The molecule has 1 aromatic heterocycles. The van der Waals surface area contributed by atoms with Gasteiger partial charge in [-0.2, -0.15) is 0 Å². The molecule has 2 N–H and O–H groups in total. The summed E-state index contributed by atoms with van der Waals surface area (Å²) in [6.45, 7) is 15.0. The number of likely N-dealkylation sites (tertiary alicyclic amines) is 1. The van der Waals surface area contributed by atoms with Crippen LogP contribution in [0.3, 0.4) is 0 Å². The minimum atomic E-state index is -0.828. The molecule has 0 unspecified atom stereocenters. The Kier molecular flexibility index (Phi) is 19.9. The molecule has 52 heavy (non-hydrogen) atoms. The van der Waals surface area contributed by atoms with E-state index in [1.807, 2.05) is 57.5 Å². The molecular formula is C38H59N3O10S. The summed E-state index contributed by atoms with van der Waals surface area (Å²) >= 11 is 1.58. The maximum Gasteiger partial charge on any atom is 0.243 e. The Morgan fingerprint density at radius 2 is 1.42 bits per heavy atom. The third-order valence-electron chi connectivity index (χ3n) is 8.54. The molecule has 1 saturated heterocycles. The van der Waals surface area contributed by atoms with Gasteiger partial charge in [0.15, 0.2) is 5.78 Å². The van der Waals surface area contributed by atoms with E-state index >= 15 is 0 Å². The Bertz CT molecular complexity index is 1330. The normalized spacial score (nSPS) is 16.7. The number of nitrogens with zero attached hydrogens (tertiary/aromatic N) is 2. The van der Waals surface area contributed by atoms with Crippen LogP contribution < -0.4 is 5.32 Å². The molecule has 0 radical (unpaired) electrons. The Morgan fingerprint density at radius 1 is 0.885 bits per heavy atom. The lowest BCUT2D eigenvalue weighted by Gasteiger charge is -2.34. The van der Waals surface area contributed by atoms with Gasteiger partial charge in [-0.15, -0.1) is 11.3 Å². The first-order valence-corrected chi connectivity index (χ1v) is 19.1. The lowest BCUT2D eigenvalue weighted by molar-refractivity contribution is -0.146. The summed E-state index contributed by atoms with van der Waals surface area (Å²) in [5, 5.41) is 13.4. The third-order valence-corrected chi connectivity index (χ3v) is 9.52. The molecule has 0 bridgehead atoms. The van der Waals surface area contributed by atoms with E-state index in [1.165, 1.54) is 4.90 Å². The van der Waals surface area contributed by atoms with Gasteiger partial charge in [0.25, 0.3) is 0 Å². The van der Waals surface area contributed by atoms with Crippen LogP contribution in [-0.2, 0) is 49.3 Å². The predicted molar refractivity (Wildman–Crippen MR) is 198 cm³/mol. The Morgan fingerprint density at radius 3 is 1.92 bits per heavy atom. The first-order chi connectivity index (χ1) is 25.0. The molecule has 292 valence electrons. The third kappa shape index (κ3) is 15.7. The zero-order valence-electron chi connectivity index (χ0n) is 31.6. The number of thiazole rings is 1. The highest BCUT2D eigenvalue weighted by atomic mass is 32.1. The zero-order chi connectivity index (χ0) is 37.8. The van der Waals surface area contributed by atoms with Crippen LogP contribution in [0.4, 0.5) is 0 Å². The lowest BCUT2D eigenvalue weighted by Crippen LogP contribution is -2.50. The molecule has 1 aliphatic rings. The van der Waals surface area contributed by atoms with Crippen molar-refractivity contribution in [2.45, 2.75) is 72.6 Å². The van der Waals surface area contributed by atoms with Gasteiger partial charge in [-0.3, -0.25) is 14.4 Å². The number of aliphatic hydroxyl groups is 1. The second-order valence-electron chi connectivity index (χ2n) is 13.9. The highest BCUT2D eigenvalue weighted by Crippen LogP contribution is 2.33. The van der Waals surface area contributed by atoms with Gasteiger partial charge in [0.1, 0.15) is 12.6 Å². The van der Waals surface area contributed by atoms with E-state index in [9.17, 15) is 19.5 Å². The van der Waals surface area contributed by atoms with E-state index in [2.05, 4.69) is 17.2 Å². The molecule has 1 fully saturated rings. The van der Waals surface area contributed by atoms with Crippen LogP contribution in [-0.4, -0.2) is 131 Å². The Balaban J connectivity index is 1.32. The minimum Gasteiger partial charge on any atom is -0.391 e. The number of hydrogen-bond donors (Lipinski definition) is 2. The first-order valence-electron chi connectivity index (χ1n) is 18.2. The summed E-state index contributed by atoms with van der Waals surface area (Å²) in [7, 11) is 0. The number of nitrogens with one attached hydrogen (secondary N) is 1. The van der Waals surface area contributed by atoms with Gasteiger partial charge in [-0.1, -0.05) is 52.0 Å². The molecule has 2 amide bonds. The summed E-state index contributed by atoms with van der Waals surface area (Å²) in [5.41, 5.74) is 4.20. The van der Waals surface area contributed by atoms with Gasteiger partial charge in [-0.05, 0) is 29.9 Å². The summed E-state index contributed by atoms with van der Waals surface area (Å²) in [6, 6.07) is 7.08. The average Bonchev–Trinajstić information content (AvgIpc) is 3.73. The van der Waals surface area contributed by atoms with Crippen molar-refractivity contribution in [1.82, 2.24) is 15.2 Å². The fraction of sp³-hybridized carbons (Fsp3) is 0.684. The van der Waals surface area contributed by atoms with E-state index in [0.717, 1.165) is 34.7 Å². The number of ketones is 1. The van der Waals surface area contributed by atoms with Crippen molar-refractivity contribution in [1.29, 1.82) is 0 Å². The summed E-state index contributed by atoms with van der Waals surface area (Å²) in [5.74, 6) is -1.57. The topological polar surface area (TPSA) is 155 Å². The number of ether oxygens (including phenoxy) is 6. The second kappa shape index (κ2) is 23.8. The SMILES string of the molecule is CCCOCCOCCOCCOCCOCCOCC(=O)C[C@H](C(=O)N1C[C@H](O)C[C@H]1C(=O)NCc1ccc(-c2scnc2C)cc1)C(C)(C)C. The minimum absolute atomic E-state index is 0.0366. The van der Waals surface area contributed by atoms with Gasteiger partial charge in [0, 0.05) is 38.5 Å². The number of hydrogen-bond acceptors (Lipinski definition) is 12. The van der Waals surface area contributed by atoms with E-state index in [1.54, 1.807) is 11.3 Å². The fourth-order valence-electron chi connectivity index (χ4n) is 5.65. The number of aromatic nitrogens is 1. The largest absolute Gasteiger partial charge is 0.391 e. The van der Waals surface area contributed by atoms with Crippen LogP contribution in [0.2, 0.25) is 0 Å². The molecule has 1 aromatic carbocycles. The maximum absolute atomic E-state index is 13.9. The molecule has 2 aromatic rings. The zero-order valence-corrected chi connectivity index (χ0v) is 32.4. The summed E-state index contributed by atoms with van der Waals surface area (Å²) in [4.78, 5) is 47.0. The van der Waals surface area contributed by atoms with E-state index in [4.69, 9.17) is 28.4 Å². The lowest BCUT2D eigenvalue weighted by atomic mass is 9.77. The highest BCUT2D eigenvalue weighted by Gasteiger charge is 2.44. The van der Waals surface area contributed by atoms with Crippen LogP contribution in [0.25, 0.3) is 10.4 Å². The monoisotopic (exact) mass is 749 g/mol. The first kappa shape index (κ1) is 43.6. The van der Waals surface area contributed by atoms with Gasteiger partial charge in [0.2, 0.25) is 11.8 Å². The second-order valence-corrected chi connectivity index (χ2v) is 14.7. The Hall–Kier alpha value is -2.82. The van der Waals surface area contributed by atoms with Gasteiger partial charge in [-0.25, -0.2) is 4.98 Å². The number of aliphatic hydroxyl groups excluding tert-OH is 1. The molecular weight excluding hydrogens is 690 g/mol. The number of amides is 2. The number of aryl methyl sites for hydroxylation is 1. The molecule has 2 heterocycles. The number of benzene rings is 1. The van der Waals surface area contributed by atoms with Crippen LogP contribution >= 0.6 is 11.3 Å². The van der Waals surface area contributed by atoms with Crippen molar-refractivity contribution in [2.75, 3.05) is 85.8 Å². The number of carbonyl (C=O) groups excluding carboxylic acids is 3. The van der Waals surface area contributed by atoms with E-state index in [0.29, 0.717) is 59.5 Å². The molecule has 14 heteroatoms. The van der Waals surface area contributed by atoms with Gasteiger partial charge >= 0.3 is 0 Å². The number of carbonyl (C=O) groups is 3. The maximum atomic E-state index is 13.9. The molecule has 0 saturated carbocycles. The molecule has 3 atom stereocenters. The van der Waals surface area contributed by atoms with Crippen molar-refractivity contribution in [3.8, 4) is 10.4 Å². The van der Waals surface area contributed by atoms with Crippen LogP contribution in [0, 0.1) is 18.3 Å². The number of Topliss-reactive ketones (excluding diaryl/α,β-unsaturated/α-hetero) is 1. The smallest absolute Gasteiger partial charge is 0.243 e. The van der Waals surface area contributed by atoms with Crippen LogP contribution in [0.5, 0.6) is 0 Å². The van der Waals surface area contributed by atoms with Crippen molar-refractivity contribution in [2.24, 2.45) is 11.3 Å². The quantitative estimate of drug-likeness (QED) is 0.135. The van der Waals surface area contributed by atoms with Crippen molar-refractivity contribution >= 4 is 28.9 Å². The molecule has 3 rings (SSSR count). The van der Waals surface area contributed by atoms with Crippen LogP contribution in [0.15, 0.2) is 29.8 Å². The average molecular weight is 750 g/mol. The van der Waals surface area contributed by atoms with Gasteiger partial charge < -0.3 is 43.7 Å². The summed E-state index contributed by atoms with van der Waals surface area (Å²) < 4.78 is 32.7. The highest BCUT2D eigenvalue weighted by molar-refractivity contribution is 7.13. The molecule has 1 aliphatic heterocycles. The van der Waals surface area contributed by atoms with E-state index in [-0.39, 0.29) is 56.7 Å². The Labute approximate surface area is 312 Å². The molecule has 0 aliphatic carbocycles. The standard InChI is InChI=1S/C38H59N3O10S/c1-6-11-46-12-13-47-14-15-48-16-17-49-18-19-50-20-21-51-26-32(43)22-33(38(3,4)5)37(45)41-25-31(42)23-34(41)36(44)39-24-29-7-9-30(10-8-29)35-28(2)40-27-52-35/h7-10,27,31,33-34,42H,6,11-26H2,1-5H3,(H,39,44)/t31-,33-,34+/m1/s1.